The minimum Gasteiger partial charge on any atom is -0.497 e. The molecule has 0 atom stereocenters. The van der Waals surface area contributed by atoms with Crippen molar-refractivity contribution in [3.63, 3.8) is 0 Å². The Morgan fingerprint density at radius 2 is 1.68 bits per heavy atom. The fraction of sp³-hybridized carbons (Fsp3) is 0.364. The van der Waals surface area contributed by atoms with E-state index in [4.69, 9.17) is 10.5 Å². The number of nitrogens with one attached hydrogen (secondary N) is 1. The molecular weight excluding hydrogens is 308 g/mol. The van der Waals surface area contributed by atoms with E-state index in [9.17, 15) is 0 Å². The fourth-order valence-corrected chi connectivity index (χ4v) is 3.68. The Hall–Kier alpha value is -2.26. The third-order valence-corrected chi connectivity index (χ3v) is 4.81. The minimum absolute atomic E-state index is 0.740. The number of aromatic amines is 1. The molecule has 0 fully saturated rings. The lowest BCUT2D eigenvalue weighted by Gasteiger charge is -2.08. The number of hydrogen-bond acceptors (Lipinski definition) is 2. The van der Waals surface area contributed by atoms with Crippen molar-refractivity contribution in [1.82, 2.24) is 4.98 Å². The average molecular weight is 336 g/mol. The molecule has 132 valence electrons. The van der Waals surface area contributed by atoms with Gasteiger partial charge >= 0.3 is 0 Å². The van der Waals surface area contributed by atoms with Gasteiger partial charge in [-0.05, 0) is 87.5 Å². The van der Waals surface area contributed by atoms with E-state index in [0.717, 1.165) is 31.6 Å². The van der Waals surface area contributed by atoms with Crippen molar-refractivity contribution in [2.75, 3.05) is 13.7 Å². The number of fused-ring (bicyclic) bond motifs is 1. The summed E-state index contributed by atoms with van der Waals surface area (Å²) in [4.78, 5) is 3.69. The van der Waals surface area contributed by atoms with E-state index >= 15 is 0 Å². The number of rotatable bonds is 6. The van der Waals surface area contributed by atoms with E-state index in [-0.39, 0.29) is 0 Å². The van der Waals surface area contributed by atoms with E-state index in [0.29, 0.717) is 0 Å². The van der Waals surface area contributed by atoms with Gasteiger partial charge in [0.2, 0.25) is 0 Å². The molecule has 0 aliphatic heterocycles. The number of aryl methyl sites for hydroxylation is 4. The number of ether oxygens (including phenoxy) is 1. The molecular formula is C22H28N2O. The number of aromatic nitrogens is 1. The first-order valence-corrected chi connectivity index (χ1v) is 9.01. The van der Waals surface area contributed by atoms with Crippen LogP contribution in [0.5, 0.6) is 5.75 Å². The largest absolute Gasteiger partial charge is 0.497 e. The molecule has 3 nitrogen and oxygen atoms in total. The van der Waals surface area contributed by atoms with E-state index in [1.807, 2.05) is 0 Å². The zero-order chi connectivity index (χ0) is 18.0. The third kappa shape index (κ3) is 3.57. The third-order valence-electron chi connectivity index (χ3n) is 4.81. The SMILES string of the molecule is COc1cc(C)c2[nH]c(-c3cc(C)cc(C)c3)c(CCCCN)c2c1. The molecule has 3 N–H and O–H groups in total. The van der Waals surface area contributed by atoms with Gasteiger partial charge in [-0.1, -0.05) is 17.2 Å². The summed E-state index contributed by atoms with van der Waals surface area (Å²) >= 11 is 0. The van der Waals surface area contributed by atoms with Gasteiger partial charge < -0.3 is 15.5 Å². The number of H-pyrrole nitrogens is 1. The van der Waals surface area contributed by atoms with Crippen molar-refractivity contribution in [3.05, 3.63) is 52.6 Å². The minimum atomic E-state index is 0.740. The summed E-state index contributed by atoms with van der Waals surface area (Å²) < 4.78 is 5.50. The van der Waals surface area contributed by atoms with Crippen LogP contribution >= 0.6 is 0 Å². The zero-order valence-corrected chi connectivity index (χ0v) is 15.7. The Labute approximate surface area is 150 Å². The molecule has 0 aliphatic rings. The number of methoxy groups -OCH3 is 1. The Bertz CT molecular complexity index is 872. The van der Waals surface area contributed by atoms with Crippen molar-refractivity contribution >= 4 is 10.9 Å². The van der Waals surface area contributed by atoms with Gasteiger partial charge in [-0.2, -0.15) is 0 Å². The highest BCUT2D eigenvalue weighted by Crippen LogP contribution is 2.36. The van der Waals surface area contributed by atoms with Gasteiger partial charge in [0.1, 0.15) is 5.75 Å². The van der Waals surface area contributed by atoms with Gasteiger partial charge in [0, 0.05) is 16.6 Å². The molecule has 3 aromatic rings. The van der Waals surface area contributed by atoms with Crippen LogP contribution in [-0.2, 0) is 6.42 Å². The van der Waals surface area contributed by atoms with Crippen molar-refractivity contribution in [2.45, 2.75) is 40.0 Å². The van der Waals surface area contributed by atoms with Gasteiger partial charge in [-0.25, -0.2) is 0 Å². The van der Waals surface area contributed by atoms with Crippen LogP contribution in [-0.4, -0.2) is 18.6 Å². The molecule has 2 aromatic carbocycles. The van der Waals surface area contributed by atoms with Crippen LogP contribution in [0.15, 0.2) is 30.3 Å². The molecule has 1 aromatic heterocycles. The van der Waals surface area contributed by atoms with Gasteiger partial charge in [0.15, 0.2) is 0 Å². The van der Waals surface area contributed by atoms with Crippen molar-refractivity contribution in [3.8, 4) is 17.0 Å². The maximum atomic E-state index is 5.71. The maximum absolute atomic E-state index is 5.71. The average Bonchev–Trinajstić information content (AvgIpc) is 2.93. The number of hydrogen-bond donors (Lipinski definition) is 2. The first-order valence-electron chi connectivity index (χ1n) is 9.01. The second-order valence-corrected chi connectivity index (χ2v) is 6.97. The standard InChI is InChI=1S/C22H28N2O/c1-14-9-15(2)11-17(10-14)22-19(7-5-6-8-23)20-13-18(25-4)12-16(3)21(20)24-22/h9-13,24H,5-8,23H2,1-4H3. The molecule has 0 amide bonds. The number of nitrogens with two attached hydrogens (primary N) is 1. The first-order chi connectivity index (χ1) is 12.0. The van der Waals surface area contributed by atoms with Crippen molar-refractivity contribution in [1.29, 1.82) is 0 Å². The molecule has 3 rings (SSSR count). The topological polar surface area (TPSA) is 51.0 Å². The Morgan fingerprint density at radius 3 is 2.32 bits per heavy atom. The normalized spacial score (nSPS) is 11.2. The van der Waals surface area contributed by atoms with Crippen LogP contribution in [0.2, 0.25) is 0 Å². The van der Waals surface area contributed by atoms with Crippen LogP contribution in [0.3, 0.4) is 0 Å². The predicted octanol–water partition coefficient (Wildman–Crippen LogP) is 5.05. The summed E-state index contributed by atoms with van der Waals surface area (Å²) in [6, 6.07) is 11.0. The highest BCUT2D eigenvalue weighted by Gasteiger charge is 2.16. The zero-order valence-electron chi connectivity index (χ0n) is 15.7. The lowest BCUT2D eigenvalue weighted by molar-refractivity contribution is 0.415. The van der Waals surface area contributed by atoms with Crippen LogP contribution in [0.25, 0.3) is 22.2 Å². The van der Waals surface area contributed by atoms with Gasteiger partial charge in [-0.3, -0.25) is 0 Å². The molecule has 0 radical (unpaired) electrons. The summed E-state index contributed by atoms with van der Waals surface area (Å²) in [6.07, 6.45) is 3.16. The summed E-state index contributed by atoms with van der Waals surface area (Å²) in [5.41, 5.74) is 14.6. The first kappa shape index (κ1) is 17.6. The predicted molar refractivity (Wildman–Crippen MR) is 106 cm³/mol. The van der Waals surface area contributed by atoms with Gasteiger partial charge in [-0.15, -0.1) is 0 Å². The van der Waals surface area contributed by atoms with Crippen molar-refractivity contribution in [2.24, 2.45) is 5.73 Å². The molecule has 3 heteroatoms. The van der Waals surface area contributed by atoms with Crippen LogP contribution in [0, 0.1) is 20.8 Å². The quantitative estimate of drug-likeness (QED) is 0.619. The monoisotopic (exact) mass is 336 g/mol. The second kappa shape index (κ2) is 7.32. The van der Waals surface area contributed by atoms with E-state index in [1.54, 1.807) is 7.11 Å². The number of unbranched alkanes of at least 4 members (excludes halogenated alkanes) is 1. The van der Waals surface area contributed by atoms with Crippen molar-refractivity contribution < 1.29 is 4.74 Å². The summed E-state index contributed by atoms with van der Waals surface area (Å²) in [7, 11) is 1.73. The molecule has 0 saturated carbocycles. The molecule has 0 unspecified atom stereocenters. The van der Waals surface area contributed by atoms with E-state index in [2.05, 4.69) is 56.1 Å². The Balaban J connectivity index is 2.21. The second-order valence-electron chi connectivity index (χ2n) is 6.97. The molecule has 0 bridgehead atoms. The molecule has 1 heterocycles. The van der Waals surface area contributed by atoms with Gasteiger partial charge in [0.25, 0.3) is 0 Å². The van der Waals surface area contributed by atoms with E-state index in [1.165, 1.54) is 44.4 Å². The summed E-state index contributed by atoms with van der Waals surface area (Å²) in [5, 5.41) is 1.27. The van der Waals surface area contributed by atoms with Gasteiger partial charge in [0.05, 0.1) is 7.11 Å². The van der Waals surface area contributed by atoms with Crippen LogP contribution in [0.1, 0.15) is 35.1 Å². The molecule has 25 heavy (non-hydrogen) atoms. The highest BCUT2D eigenvalue weighted by molar-refractivity contribution is 5.94. The summed E-state index contributed by atoms with van der Waals surface area (Å²) in [6.45, 7) is 7.18. The molecule has 0 spiro atoms. The molecule has 0 saturated heterocycles. The lowest BCUT2D eigenvalue weighted by atomic mass is 9.97. The smallest absolute Gasteiger partial charge is 0.119 e. The van der Waals surface area contributed by atoms with E-state index < -0.39 is 0 Å². The lowest BCUT2D eigenvalue weighted by Crippen LogP contribution is -1.99. The maximum Gasteiger partial charge on any atom is 0.119 e. The van der Waals surface area contributed by atoms with Crippen LogP contribution in [0.4, 0.5) is 0 Å². The van der Waals surface area contributed by atoms with Crippen LogP contribution < -0.4 is 10.5 Å². The molecule has 0 aliphatic carbocycles. The Kier molecular flexibility index (Phi) is 5.14. The summed E-state index contributed by atoms with van der Waals surface area (Å²) in [5.74, 6) is 0.913. The number of benzene rings is 2. The Morgan fingerprint density at radius 1 is 0.960 bits per heavy atom. The fourth-order valence-electron chi connectivity index (χ4n) is 3.68. The highest BCUT2D eigenvalue weighted by atomic mass is 16.5.